The highest BCUT2D eigenvalue weighted by Gasteiger charge is 2.04. The second-order valence-electron chi connectivity index (χ2n) is 4.24. The molecule has 2 aromatic rings. The molecule has 5 heteroatoms. The van der Waals surface area contributed by atoms with Crippen molar-refractivity contribution < 1.29 is 9.18 Å². The number of rotatable bonds is 5. The molecule has 0 spiro atoms. The first-order valence-corrected chi connectivity index (χ1v) is 6.52. The van der Waals surface area contributed by atoms with Gasteiger partial charge < -0.3 is 10.6 Å². The van der Waals surface area contributed by atoms with Gasteiger partial charge in [-0.1, -0.05) is 35.9 Å². The molecule has 0 bridgehead atoms. The van der Waals surface area contributed by atoms with Crippen LogP contribution in [-0.4, -0.2) is 12.5 Å². The van der Waals surface area contributed by atoms with E-state index in [4.69, 9.17) is 11.6 Å². The maximum Gasteiger partial charge on any atom is 0.239 e. The Morgan fingerprint density at radius 3 is 2.60 bits per heavy atom. The zero-order valence-corrected chi connectivity index (χ0v) is 11.5. The van der Waals surface area contributed by atoms with Crippen LogP contribution >= 0.6 is 11.6 Å². The Labute approximate surface area is 121 Å². The fraction of sp³-hybridized carbons (Fsp3) is 0.133. The molecule has 2 rings (SSSR count). The van der Waals surface area contributed by atoms with Crippen LogP contribution in [0.4, 0.5) is 10.1 Å². The van der Waals surface area contributed by atoms with Crippen molar-refractivity contribution in [2.45, 2.75) is 6.54 Å². The molecule has 0 radical (unpaired) electrons. The van der Waals surface area contributed by atoms with Crippen LogP contribution in [0.5, 0.6) is 0 Å². The van der Waals surface area contributed by atoms with Crippen molar-refractivity contribution in [1.29, 1.82) is 0 Å². The van der Waals surface area contributed by atoms with Crippen LogP contribution in [0.25, 0.3) is 0 Å². The third-order valence-electron chi connectivity index (χ3n) is 2.70. The number of amides is 1. The van der Waals surface area contributed by atoms with Gasteiger partial charge in [-0.15, -0.1) is 0 Å². The van der Waals surface area contributed by atoms with Gasteiger partial charge in [0.15, 0.2) is 0 Å². The monoisotopic (exact) mass is 292 g/mol. The van der Waals surface area contributed by atoms with Crippen molar-refractivity contribution in [3.63, 3.8) is 0 Å². The molecule has 0 aromatic heterocycles. The first kappa shape index (κ1) is 14.3. The van der Waals surface area contributed by atoms with Crippen LogP contribution in [0.3, 0.4) is 0 Å². The first-order chi connectivity index (χ1) is 9.65. The number of hydrogen-bond donors (Lipinski definition) is 2. The predicted molar refractivity (Wildman–Crippen MR) is 78.2 cm³/mol. The zero-order chi connectivity index (χ0) is 14.4. The SMILES string of the molecule is O=C(CNc1ccccc1)NCc1ccc(F)c(Cl)c1. The Morgan fingerprint density at radius 1 is 1.15 bits per heavy atom. The summed E-state index contributed by atoms with van der Waals surface area (Å²) in [6, 6.07) is 13.8. The second-order valence-corrected chi connectivity index (χ2v) is 4.65. The summed E-state index contributed by atoms with van der Waals surface area (Å²) < 4.78 is 13.0. The van der Waals surface area contributed by atoms with E-state index in [9.17, 15) is 9.18 Å². The molecule has 20 heavy (non-hydrogen) atoms. The predicted octanol–water partition coefficient (Wildman–Crippen LogP) is 3.21. The maximum absolute atomic E-state index is 13.0. The highest BCUT2D eigenvalue weighted by molar-refractivity contribution is 6.30. The van der Waals surface area contributed by atoms with E-state index in [1.807, 2.05) is 30.3 Å². The number of benzene rings is 2. The zero-order valence-electron chi connectivity index (χ0n) is 10.7. The van der Waals surface area contributed by atoms with Gasteiger partial charge in [0.2, 0.25) is 5.91 Å². The molecule has 1 amide bonds. The number of hydrogen-bond acceptors (Lipinski definition) is 2. The normalized spacial score (nSPS) is 10.1. The van der Waals surface area contributed by atoms with Crippen LogP contribution in [0.2, 0.25) is 5.02 Å². The van der Waals surface area contributed by atoms with Gasteiger partial charge >= 0.3 is 0 Å². The molecule has 0 aliphatic heterocycles. The van der Waals surface area contributed by atoms with Crippen molar-refractivity contribution in [1.82, 2.24) is 5.32 Å². The lowest BCUT2D eigenvalue weighted by Crippen LogP contribution is -2.29. The first-order valence-electron chi connectivity index (χ1n) is 6.15. The fourth-order valence-corrected chi connectivity index (χ4v) is 1.85. The largest absolute Gasteiger partial charge is 0.376 e. The molecule has 0 heterocycles. The number of para-hydroxylation sites is 1. The Morgan fingerprint density at radius 2 is 1.90 bits per heavy atom. The molecule has 0 saturated carbocycles. The Hall–Kier alpha value is -2.07. The molecular formula is C15H14ClFN2O. The molecule has 104 valence electrons. The lowest BCUT2D eigenvalue weighted by molar-refractivity contribution is -0.119. The average molecular weight is 293 g/mol. The summed E-state index contributed by atoms with van der Waals surface area (Å²) in [6.45, 7) is 0.494. The summed E-state index contributed by atoms with van der Waals surface area (Å²) in [5.41, 5.74) is 1.64. The van der Waals surface area contributed by atoms with Gasteiger partial charge in [0.1, 0.15) is 5.82 Å². The Kier molecular flexibility index (Phi) is 4.96. The average Bonchev–Trinajstić information content (AvgIpc) is 2.47. The van der Waals surface area contributed by atoms with Crippen LogP contribution < -0.4 is 10.6 Å². The minimum Gasteiger partial charge on any atom is -0.376 e. The van der Waals surface area contributed by atoms with E-state index in [1.54, 1.807) is 6.07 Å². The number of halogens is 2. The summed E-state index contributed by atoms with van der Waals surface area (Å²) >= 11 is 5.67. The number of anilines is 1. The van der Waals surface area contributed by atoms with Crippen LogP contribution in [-0.2, 0) is 11.3 Å². The van der Waals surface area contributed by atoms with Crippen molar-refractivity contribution >= 4 is 23.2 Å². The molecule has 3 nitrogen and oxygen atoms in total. The van der Waals surface area contributed by atoms with Gasteiger partial charge in [-0.05, 0) is 29.8 Å². The van der Waals surface area contributed by atoms with E-state index in [0.29, 0.717) is 6.54 Å². The third kappa shape index (κ3) is 4.24. The number of carbonyl (C=O) groups excluding carboxylic acids is 1. The maximum atomic E-state index is 13.0. The summed E-state index contributed by atoms with van der Waals surface area (Å²) in [7, 11) is 0. The van der Waals surface area contributed by atoms with Crippen LogP contribution in [0, 0.1) is 5.82 Å². The van der Waals surface area contributed by atoms with E-state index in [0.717, 1.165) is 11.3 Å². The van der Waals surface area contributed by atoms with E-state index in [1.165, 1.54) is 12.1 Å². The lowest BCUT2D eigenvalue weighted by atomic mass is 10.2. The molecule has 2 N–H and O–H groups in total. The molecular weight excluding hydrogens is 279 g/mol. The van der Waals surface area contributed by atoms with Gasteiger partial charge in [-0.25, -0.2) is 4.39 Å². The van der Waals surface area contributed by atoms with Gasteiger partial charge in [0, 0.05) is 12.2 Å². The van der Waals surface area contributed by atoms with E-state index < -0.39 is 5.82 Å². The topological polar surface area (TPSA) is 41.1 Å². The Balaban J connectivity index is 1.79. The third-order valence-corrected chi connectivity index (χ3v) is 2.99. The minimum atomic E-state index is -0.465. The summed E-state index contributed by atoms with van der Waals surface area (Å²) in [4.78, 5) is 11.7. The van der Waals surface area contributed by atoms with Crippen LogP contribution in [0.1, 0.15) is 5.56 Å². The van der Waals surface area contributed by atoms with Crippen molar-refractivity contribution in [2.75, 3.05) is 11.9 Å². The molecule has 0 fully saturated rings. The Bertz CT molecular complexity index is 590. The summed E-state index contributed by atoms with van der Waals surface area (Å²) in [5, 5.41) is 5.79. The smallest absolute Gasteiger partial charge is 0.239 e. The summed E-state index contributed by atoms with van der Waals surface area (Å²) in [5.74, 6) is -0.609. The molecule has 0 aliphatic rings. The van der Waals surface area contributed by atoms with Crippen molar-refractivity contribution in [2.24, 2.45) is 0 Å². The minimum absolute atomic E-state index is 0.0548. The molecule has 0 unspecified atom stereocenters. The quantitative estimate of drug-likeness (QED) is 0.888. The number of carbonyl (C=O) groups is 1. The molecule has 0 atom stereocenters. The number of nitrogens with one attached hydrogen (secondary N) is 2. The van der Waals surface area contributed by atoms with Gasteiger partial charge in [0.05, 0.1) is 11.6 Å². The van der Waals surface area contributed by atoms with Gasteiger partial charge in [-0.3, -0.25) is 4.79 Å². The standard InChI is InChI=1S/C15H14ClFN2O/c16-13-8-11(6-7-14(13)17)9-19-15(20)10-18-12-4-2-1-3-5-12/h1-8,18H,9-10H2,(H,19,20). The molecule has 0 aliphatic carbocycles. The highest BCUT2D eigenvalue weighted by Crippen LogP contribution is 2.15. The van der Waals surface area contributed by atoms with Gasteiger partial charge in [0.25, 0.3) is 0 Å². The fourth-order valence-electron chi connectivity index (χ4n) is 1.65. The van der Waals surface area contributed by atoms with E-state index in [-0.39, 0.29) is 17.5 Å². The molecule has 0 saturated heterocycles. The summed E-state index contributed by atoms with van der Waals surface area (Å²) in [6.07, 6.45) is 0. The van der Waals surface area contributed by atoms with Crippen molar-refractivity contribution in [3.05, 3.63) is 64.9 Å². The van der Waals surface area contributed by atoms with Crippen LogP contribution in [0.15, 0.2) is 48.5 Å². The molecule has 2 aromatic carbocycles. The van der Waals surface area contributed by atoms with Crippen molar-refractivity contribution in [3.8, 4) is 0 Å². The van der Waals surface area contributed by atoms with Gasteiger partial charge in [-0.2, -0.15) is 0 Å². The van der Waals surface area contributed by atoms with E-state index in [2.05, 4.69) is 10.6 Å². The lowest BCUT2D eigenvalue weighted by Gasteiger charge is -2.08. The van der Waals surface area contributed by atoms with E-state index >= 15 is 0 Å². The highest BCUT2D eigenvalue weighted by atomic mass is 35.5. The second kappa shape index (κ2) is 6.91.